The largest absolute Gasteiger partial charge is 0.489 e. The van der Waals surface area contributed by atoms with Crippen LogP contribution in [0.25, 0.3) is 11.0 Å². The van der Waals surface area contributed by atoms with Crippen molar-refractivity contribution < 1.29 is 13.9 Å². The van der Waals surface area contributed by atoms with E-state index in [0.29, 0.717) is 34.0 Å². The third-order valence-electron chi connectivity index (χ3n) is 6.42. The van der Waals surface area contributed by atoms with Crippen LogP contribution in [-0.4, -0.2) is 10.9 Å². The predicted octanol–water partition coefficient (Wildman–Crippen LogP) is 6.20. The molecule has 5 aromatic rings. The minimum absolute atomic E-state index is 0.0600. The first-order chi connectivity index (χ1) is 17.5. The number of carbonyl (C=O) groups is 1. The van der Waals surface area contributed by atoms with Gasteiger partial charge in [-0.2, -0.15) is 0 Å². The van der Waals surface area contributed by atoms with Crippen molar-refractivity contribution in [1.29, 1.82) is 0 Å². The van der Waals surface area contributed by atoms with Crippen LogP contribution in [0.3, 0.4) is 0 Å². The summed E-state index contributed by atoms with van der Waals surface area (Å²) in [6.07, 6.45) is 0. The number of amides is 1. The first-order valence-electron chi connectivity index (χ1n) is 11.6. The molecule has 6 rings (SSSR count). The average molecular weight is 495 g/mol. The molecule has 0 spiro atoms. The number of aryl methyl sites for hydroxylation is 2. The molecule has 2 aromatic heterocycles. The summed E-state index contributed by atoms with van der Waals surface area (Å²) in [5, 5.41) is 0.976. The van der Waals surface area contributed by atoms with Crippen LogP contribution in [0.15, 0.2) is 88.1 Å². The SMILES string of the molecule is Cc1nc(N2C(=O)c3oc4ccccc4c(=O)c3[C@@H]2c2cccc(OCc3ccccc3)c2)sc1C. The highest BCUT2D eigenvalue weighted by molar-refractivity contribution is 7.15. The number of fused-ring (bicyclic) bond motifs is 2. The lowest BCUT2D eigenvalue weighted by Crippen LogP contribution is -2.29. The number of rotatable bonds is 5. The number of hydrogen-bond acceptors (Lipinski definition) is 6. The van der Waals surface area contributed by atoms with Gasteiger partial charge in [-0.1, -0.05) is 54.6 Å². The molecule has 0 bridgehead atoms. The van der Waals surface area contributed by atoms with Crippen molar-refractivity contribution >= 4 is 33.3 Å². The van der Waals surface area contributed by atoms with Gasteiger partial charge in [0, 0.05) is 4.88 Å². The molecule has 1 amide bonds. The Balaban J connectivity index is 1.49. The van der Waals surface area contributed by atoms with Crippen LogP contribution in [0.2, 0.25) is 0 Å². The molecule has 3 aromatic carbocycles. The molecule has 3 heterocycles. The van der Waals surface area contributed by atoms with Crippen molar-refractivity contribution in [3.8, 4) is 5.75 Å². The summed E-state index contributed by atoms with van der Waals surface area (Å²) in [5.41, 5.74) is 3.15. The molecule has 178 valence electrons. The second kappa shape index (κ2) is 8.77. The Morgan fingerprint density at radius 1 is 0.972 bits per heavy atom. The minimum atomic E-state index is -0.682. The molecule has 7 heteroatoms. The molecule has 0 radical (unpaired) electrons. The molecule has 1 aliphatic rings. The molecule has 0 aliphatic carbocycles. The minimum Gasteiger partial charge on any atom is -0.489 e. The molecule has 6 nitrogen and oxygen atoms in total. The Morgan fingerprint density at radius 3 is 2.53 bits per heavy atom. The van der Waals surface area contributed by atoms with Crippen LogP contribution in [0.5, 0.6) is 5.75 Å². The fourth-order valence-corrected chi connectivity index (χ4v) is 5.44. The molecule has 36 heavy (non-hydrogen) atoms. The Kier molecular flexibility index (Phi) is 5.42. The van der Waals surface area contributed by atoms with E-state index in [-0.39, 0.29) is 17.1 Å². The zero-order valence-corrected chi connectivity index (χ0v) is 20.5. The van der Waals surface area contributed by atoms with E-state index >= 15 is 0 Å². The van der Waals surface area contributed by atoms with E-state index in [2.05, 4.69) is 4.98 Å². The molecule has 0 saturated carbocycles. The molecular weight excluding hydrogens is 472 g/mol. The Morgan fingerprint density at radius 2 is 1.75 bits per heavy atom. The second-order valence-electron chi connectivity index (χ2n) is 8.73. The third-order valence-corrected chi connectivity index (χ3v) is 7.50. The standard InChI is InChI=1S/C29H22N2O4S/c1-17-18(2)36-29(30-17)31-25(20-11-8-12-21(15-20)34-16-19-9-4-3-5-10-19)24-26(32)22-13-6-7-14-23(22)35-27(24)28(31)33/h3-15,25H,16H2,1-2H3/t25-/m0/s1. The summed E-state index contributed by atoms with van der Waals surface area (Å²) >= 11 is 1.43. The lowest BCUT2D eigenvalue weighted by Gasteiger charge is -2.23. The first kappa shape index (κ1) is 22.2. The molecular formula is C29H22N2O4S. The third kappa shape index (κ3) is 3.69. The van der Waals surface area contributed by atoms with Crippen molar-refractivity contribution in [2.75, 3.05) is 4.90 Å². The van der Waals surface area contributed by atoms with Crippen LogP contribution >= 0.6 is 11.3 Å². The molecule has 0 saturated heterocycles. The predicted molar refractivity (Wildman–Crippen MR) is 140 cm³/mol. The van der Waals surface area contributed by atoms with Gasteiger partial charge >= 0.3 is 0 Å². The second-order valence-corrected chi connectivity index (χ2v) is 9.91. The van der Waals surface area contributed by atoms with E-state index in [9.17, 15) is 9.59 Å². The molecule has 1 atom stereocenters. The molecule has 0 N–H and O–H groups in total. The summed E-state index contributed by atoms with van der Waals surface area (Å²) in [5.74, 6) is 0.334. The average Bonchev–Trinajstić information content (AvgIpc) is 3.39. The number of hydrogen-bond donors (Lipinski definition) is 0. The normalized spacial score (nSPS) is 14.9. The van der Waals surface area contributed by atoms with E-state index in [4.69, 9.17) is 9.15 Å². The van der Waals surface area contributed by atoms with Gasteiger partial charge in [0.15, 0.2) is 10.6 Å². The maximum Gasteiger partial charge on any atom is 0.297 e. The quantitative estimate of drug-likeness (QED) is 0.291. The molecule has 1 aliphatic heterocycles. The number of para-hydroxylation sites is 1. The van der Waals surface area contributed by atoms with Crippen molar-refractivity contribution in [1.82, 2.24) is 4.98 Å². The highest BCUT2D eigenvalue weighted by atomic mass is 32.1. The molecule has 0 fully saturated rings. The summed E-state index contributed by atoms with van der Waals surface area (Å²) in [4.78, 5) is 34.7. The van der Waals surface area contributed by atoms with Crippen LogP contribution in [0.1, 0.15) is 43.9 Å². The van der Waals surface area contributed by atoms with Crippen LogP contribution in [-0.2, 0) is 6.61 Å². The monoisotopic (exact) mass is 494 g/mol. The lowest BCUT2D eigenvalue weighted by atomic mass is 9.98. The van der Waals surface area contributed by atoms with Crippen molar-refractivity contribution in [3.05, 3.63) is 122 Å². The number of ether oxygens (including phenoxy) is 1. The topological polar surface area (TPSA) is 72.6 Å². The van der Waals surface area contributed by atoms with Crippen LogP contribution < -0.4 is 15.1 Å². The number of anilines is 1. The van der Waals surface area contributed by atoms with Crippen molar-refractivity contribution in [2.45, 2.75) is 26.5 Å². The van der Waals surface area contributed by atoms with E-state index in [1.807, 2.05) is 68.4 Å². The van der Waals surface area contributed by atoms with E-state index in [1.165, 1.54) is 11.3 Å². The summed E-state index contributed by atoms with van der Waals surface area (Å²) < 4.78 is 12.1. The van der Waals surface area contributed by atoms with Crippen LogP contribution in [0.4, 0.5) is 5.13 Å². The van der Waals surface area contributed by atoms with E-state index < -0.39 is 6.04 Å². The van der Waals surface area contributed by atoms with Gasteiger partial charge in [0.1, 0.15) is 17.9 Å². The van der Waals surface area contributed by atoms with Gasteiger partial charge in [0.05, 0.1) is 22.7 Å². The smallest absolute Gasteiger partial charge is 0.297 e. The van der Waals surface area contributed by atoms with Gasteiger partial charge in [0.25, 0.3) is 5.91 Å². The summed E-state index contributed by atoms with van der Waals surface area (Å²) in [7, 11) is 0. The van der Waals surface area contributed by atoms with Gasteiger partial charge in [-0.05, 0) is 49.2 Å². The fraction of sp³-hybridized carbons (Fsp3) is 0.138. The zero-order valence-electron chi connectivity index (χ0n) is 19.7. The summed E-state index contributed by atoms with van der Waals surface area (Å²) in [6, 6.07) is 23.7. The van der Waals surface area contributed by atoms with Crippen molar-refractivity contribution in [2.24, 2.45) is 0 Å². The van der Waals surface area contributed by atoms with Gasteiger partial charge in [-0.3, -0.25) is 14.5 Å². The highest BCUT2D eigenvalue weighted by Gasteiger charge is 2.45. The summed E-state index contributed by atoms with van der Waals surface area (Å²) in [6.45, 7) is 4.29. The number of carbonyl (C=O) groups excluding carboxylic acids is 1. The maximum atomic E-state index is 13.7. The maximum absolute atomic E-state index is 13.7. The highest BCUT2D eigenvalue weighted by Crippen LogP contribution is 2.43. The molecule has 0 unspecified atom stereocenters. The number of benzene rings is 3. The number of nitrogens with zero attached hydrogens (tertiary/aromatic N) is 2. The first-order valence-corrected chi connectivity index (χ1v) is 12.4. The Bertz CT molecular complexity index is 1650. The zero-order chi connectivity index (χ0) is 24.8. The van der Waals surface area contributed by atoms with Gasteiger partial charge in [-0.15, -0.1) is 11.3 Å². The van der Waals surface area contributed by atoms with E-state index in [1.54, 1.807) is 29.2 Å². The lowest BCUT2D eigenvalue weighted by molar-refractivity contribution is 0.0971. The van der Waals surface area contributed by atoms with Gasteiger partial charge in [-0.25, -0.2) is 4.98 Å². The Hall–Kier alpha value is -4.23. The number of aromatic nitrogens is 1. The van der Waals surface area contributed by atoms with Gasteiger partial charge < -0.3 is 9.15 Å². The van der Waals surface area contributed by atoms with Gasteiger partial charge in [0.2, 0.25) is 5.76 Å². The van der Waals surface area contributed by atoms with E-state index in [0.717, 1.165) is 21.7 Å². The van der Waals surface area contributed by atoms with Crippen LogP contribution in [0, 0.1) is 13.8 Å². The number of thiazole rings is 1. The van der Waals surface area contributed by atoms with Crippen molar-refractivity contribution in [3.63, 3.8) is 0 Å². The fourth-order valence-electron chi connectivity index (χ4n) is 4.51. The Labute approximate surface area is 211 Å².